The Kier molecular flexibility index (Phi) is 7.67. The summed E-state index contributed by atoms with van der Waals surface area (Å²) in [6.07, 6.45) is -0.271. The molecule has 0 spiro atoms. The number of amides is 1. The molecule has 3 aromatic rings. The van der Waals surface area contributed by atoms with E-state index in [4.69, 9.17) is 9.47 Å². The van der Waals surface area contributed by atoms with Crippen molar-refractivity contribution in [1.29, 1.82) is 0 Å². The number of rotatable bonds is 7. The number of carbonyl (C=O) groups is 3. The van der Waals surface area contributed by atoms with Gasteiger partial charge in [0.05, 0.1) is 29.9 Å². The maximum Gasteiger partial charge on any atom is 0.338 e. The van der Waals surface area contributed by atoms with Gasteiger partial charge in [-0.1, -0.05) is 29.8 Å². The van der Waals surface area contributed by atoms with E-state index >= 15 is 0 Å². The van der Waals surface area contributed by atoms with Crippen molar-refractivity contribution in [3.05, 3.63) is 100 Å². The molecular weight excluding hydrogens is 482 g/mol. The highest BCUT2D eigenvalue weighted by Gasteiger charge is 2.47. The van der Waals surface area contributed by atoms with E-state index in [-0.39, 0.29) is 17.4 Å². The Bertz CT molecular complexity index is 1420. The van der Waals surface area contributed by atoms with Gasteiger partial charge < -0.3 is 14.6 Å². The molecule has 1 amide bonds. The highest BCUT2D eigenvalue weighted by Crippen LogP contribution is 2.42. The lowest BCUT2D eigenvalue weighted by Gasteiger charge is -2.26. The van der Waals surface area contributed by atoms with Gasteiger partial charge in [-0.25, -0.2) is 4.79 Å². The minimum atomic E-state index is -0.866. The number of aryl methyl sites for hydroxylation is 2. The number of hydrogen-bond acceptors (Lipinski definition) is 6. The number of ketones is 1. The third kappa shape index (κ3) is 5.18. The van der Waals surface area contributed by atoms with Gasteiger partial charge in [-0.3, -0.25) is 14.5 Å². The number of ether oxygens (including phenoxy) is 2. The topological polar surface area (TPSA) is 93.1 Å². The summed E-state index contributed by atoms with van der Waals surface area (Å²) in [7, 11) is 0. The lowest BCUT2D eigenvalue weighted by Crippen LogP contribution is -2.29. The quantitative estimate of drug-likeness (QED) is 0.183. The van der Waals surface area contributed by atoms with Crippen molar-refractivity contribution in [3.8, 4) is 5.75 Å². The molecule has 7 nitrogen and oxygen atoms in total. The molecule has 1 saturated heterocycles. The van der Waals surface area contributed by atoms with Crippen LogP contribution in [0.4, 0.5) is 5.69 Å². The van der Waals surface area contributed by atoms with Crippen molar-refractivity contribution in [1.82, 2.24) is 0 Å². The van der Waals surface area contributed by atoms with E-state index in [1.807, 2.05) is 45.0 Å². The molecule has 1 aliphatic rings. The van der Waals surface area contributed by atoms with Crippen LogP contribution in [0.15, 0.2) is 72.3 Å². The number of aliphatic hydroxyl groups excluding tert-OH is 1. The van der Waals surface area contributed by atoms with Crippen molar-refractivity contribution < 1.29 is 29.0 Å². The second kappa shape index (κ2) is 10.9. The van der Waals surface area contributed by atoms with Crippen LogP contribution in [-0.2, 0) is 14.3 Å². The highest BCUT2D eigenvalue weighted by atomic mass is 16.5. The van der Waals surface area contributed by atoms with Gasteiger partial charge in [-0.15, -0.1) is 0 Å². The molecule has 0 saturated carbocycles. The van der Waals surface area contributed by atoms with Crippen LogP contribution >= 0.6 is 0 Å². The first-order chi connectivity index (χ1) is 18.1. The molecule has 1 N–H and O–H groups in total. The highest BCUT2D eigenvalue weighted by molar-refractivity contribution is 6.51. The van der Waals surface area contributed by atoms with Crippen LogP contribution in [0, 0.1) is 13.8 Å². The van der Waals surface area contributed by atoms with E-state index < -0.39 is 23.7 Å². The third-order valence-electron chi connectivity index (χ3n) is 6.27. The summed E-state index contributed by atoms with van der Waals surface area (Å²) in [6.45, 7) is 9.68. The molecule has 1 fully saturated rings. The van der Waals surface area contributed by atoms with Gasteiger partial charge in [-0.2, -0.15) is 0 Å². The predicted octanol–water partition coefficient (Wildman–Crippen LogP) is 5.89. The van der Waals surface area contributed by atoms with Crippen molar-refractivity contribution in [2.24, 2.45) is 0 Å². The van der Waals surface area contributed by atoms with Crippen molar-refractivity contribution in [2.75, 3.05) is 11.5 Å². The van der Waals surface area contributed by atoms with Crippen LogP contribution in [-0.4, -0.2) is 35.5 Å². The molecule has 0 aromatic heterocycles. The molecule has 3 aromatic carbocycles. The Hall–Kier alpha value is -4.39. The Morgan fingerprint density at radius 3 is 2.26 bits per heavy atom. The molecular formula is C31H31NO6. The predicted molar refractivity (Wildman–Crippen MR) is 145 cm³/mol. The Labute approximate surface area is 222 Å². The van der Waals surface area contributed by atoms with Gasteiger partial charge >= 0.3 is 5.97 Å². The smallest absolute Gasteiger partial charge is 0.338 e. The fourth-order valence-electron chi connectivity index (χ4n) is 4.56. The Morgan fingerprint density at radius 1 is 0.974 bits per heavy atom. The standard InChI is InChI=1S/C31H31NO6/c1-6-37-25-15-12-23(17-20(25)5)28(33)26-27(22-9-7-8-19(4)16-22)32(30(35)29(26)34)24-13-10-21(11-14-24)31(36)38-18(2)3/h7-18,27,33H,6H2,1-5H3/b28-26-. The van der Waals surface area contributed by atoms with Gasteiger partial charge in [0.15, 0.2) is 0 Å². The summed E-state index contributed by atoms with van der Waals surface area (Å²) in [5.74, 6) is -1.62. The van der Waals surface area contributed by atoms with Crippen molar-refractivity contribution >= 4 is 29.1 Å². The van der Waals surface area contributed by atoms with Crippen LogP contribution in [0.3, 0.4) is 0 Å². The maximum absolute atomic E-state index is 13.4. The monoisotopic (exact) mass is 513 g/mol. The molecule has 196 valence electrons. The van der Waals surface area contributed by atoms with Crippen LogP contribution < -0.4 is 9.64 Å². The molecule has 0 bridgehead atoms. The van der Waals surface area contributed by atoms with Crippen LogP contribution in [0.1, 0.15) is 59.4 Å². The zero-order chi connectivity index (χ0) is 27.6. The lowest BCUT2D eigenvalue weighted by atomic mass is 9.93. The van der Waals surface area contributed by atoms with Gasteiger partial charge in [0.2, 0.25) is 0 Å². The number of hydrogen-bond donors (Lipinski definition) is 1. The molecule has 0 radical (unpaired) electrons. The fraction of sp³-hybridized carbons (Fsp3) is 0.258. The number of nitrogens with zero attached hydrogens (tertiary/aromatic N) is 1. The molecule has 0 aliphatic carbocycles. The van der Waals surface area contributed by atoms with Gasteiger partial charge in [0.1, 0.15) is 11.5 Å². The van der Waals surface area contributed by atoms with Crippen molar-refractivity contribution in [2.45, 2.75) is 46.8 Å². The average molecular weight is 514 g/mol. The number of carbonyl (C=O) groups excluding carboxylic acids is 3. The van der Waals surface area contributed by atoms with Gasteiger partial charge in [0, 0.05) is 11.3 Å². The molecule has 1 unspecified atom stereocenters. The Morgan fingerprint density at radius 2 is 1.66 bits per heavy atom. The zero-order valence-corrected chi connectivity index (χ0v) is 22.1. The first-order valence-corrected chi connectivity index (χ1v) is 12.5. The molecule has 1 aliphatic heterocycles. The van der Waals surface area contributed by atoms with Gasteiger partial charge in [0.25, 0.3) is 11.7 Å². The second-order valence-electron chi connectivity index (χ2n) is 9.50. The zero-order valence-electron chi connectivity index (χ0n) is 22.1. The van der Waals surface area contributed by atoms with E-state index in [9.17, 15) is 19.5 Å². The minimum Gasteiger partial charge on any atom is -0.507 e. The van der Waals surface area contributed by atoms with E-state index in [0.717, 1.165) is 11.1 Å². The summed E-state index contributed by atoms with van der Waals surface area (Å²) in [6, 6.07) is 18.1. The minimum absolute atomic E-state index is 0.00699. The third-order valence-corrected chi connectivity index (χ3v) is 6.27. The fourth-order valence-corrected chi connectivity index (χ4v) is 4.56. The largest absolute Gasteiger partial charge is 0.507 e. The van der Waals surface area contributed by atoms with E-state index in [0.29, 0.717) is 34.7 Å². The van der Waals surface area contributed by atoms with E-state index in [1.54, 1.807) is 56.3 Å². The van der Waals surface area contributed by atoms with Gasteiger partial charge in [-0.05, 0) is 88.2 Å². The first kappa shape index (κ1) is 26.7. The van der Waals surface area contributed by atoms with Crippen molar-refractivity contribution in [3.63, 3.8) is 0 Å². The summed E-state index contributed by atoms with van der Waals surface area (Å²) >= 11 is 0. The molecule has 7 heteroatoms. The lowest BCUT2D eigenvalue weighted by molar-refractivity contribution is -0.132. The average Bonchev–Trinajstić information content (AvgIpc) is 3.15. The number of benzene rings is 3. The molecule has 38 heavy (non-hydrogen) atoms. The van der Waals surface area contributed by atoms with E-state index in [1.165, 1.54) is 4.90 Å². The van der Waals surface area contributed by atoms with Crippen LogP contribution in [0.5, 0.6) is 5.75 Å². The van der Waals surface area contributed by atoms with Crippen LogP contribution in [0.25, 0.3) is 5.76 Å². The molecule has 1 atom stereocenters. The summed E-state index contributed by atoms with van der Waals surface area (Å²) < 4.78 is 10.9. The second-order valence-corrected chi connectivity index (χ2v) is 9.50. The van der Waals surface area contributed by atoms with Crippen LogP contribution in [0.2, 0.25) is 0 Å². The molecule has 1 heterocycles. The number of aliphatic hydroxyl groups is 1. The Balaban J connectivity index is 1.84. The number of Topliss-reactive ketones (excluding diaryl/α,β-unsaturated/α-hetero) is 1. The van der Waals surface area contributed by atoms with E-state index in [2.05, 4.69) is 0 Å². The normalized spacial score (nSPS) is 16.7. The SMILES string of the molecule is CCOc1ccc(/C(O)=C2/C(=O)C(=O)N(c3ccc(C(=O)OC(C)C)cc3)C2c2cccc(C)c2)cc1C. The molecule has 4 rings (SSSR count). The summed E-state index contributed by atoms with van der Waals surface area (Å²) in [4.78, 5) is 40.5. The first-order valence-electron chi connectivity index (χ1n) is 12.5. The number of esters is 1. The summed E-state index contributed by atoms with van der Waals surface area (Å²) in [5.41, 5.74) is 3.56. The maximum atomic E-state index is 13.4. The summed E-state index contributed by atoms with van der Waals surface area (Å²) in [5, 5.41) is 11.4. The number of anilines is 1.